The lowest BCUT2D eigenvalue weighted by atomic mass is 9.87. The van der Waals surface area contributed by atoms with Crippen molar-refractivity contribution in [2.45, 2.75) is 58.8 Å². The Labute approximate surface area is 155 Å². The van der Waals surface area contributed by atoms with Crippen LogP contribution in [0.3, 0.4) is 0 Å². The van der Waals surface area contributed by atoms with Crippen LogP contribution in [0.1, 0.15) is 46.6 Å². The first-order valence-corrected chi connectivity index (χ1v) is 9.10. The van der Waals surface area contributed by atoms with Crippen molar-refractivity contribution in [3.63, 3.8) is 0 Å². The maximum Gasteiger partial charge on any atom is 0.410 e. The van der Waals surface area contributed by atoms with Gasteiger partial charge in [0.25, 0.3) is 0 Å². The van der Waals surface area contributed by atoms with Crippen LogP contribution in [0.4, 0.5) is 9.59 Å². The van der Waals surface area contributed by atoms with Crippen molar-refractivity contribution < 1.29 is 19.1 Å². The van der Waals surface area contributed by atoms with Gasteiger partial charge in [-0.05, 0) is 39.7 Å². The lowest BCUT2D eigenvalue weighted by Crippen LogP contribution is -2.53. The van der Waals surface area contributed by atoms with Crippen LogP contribution in [0.15, 0.2) is 30.3 Å². The molecule has 0 bridgehead atoms. The van der Waals surface area contributed by atoms with Gasteiger partial charge in [-0.15, -0.1) is 0 Å². The molecule has 1 heterocycles. The van der Waals surface area contributed by atoms with Crippen molar-refractivity contribution in [1.82, 2.24) is 10.2 Å². The summed E-state index contributed by atoms with van der Waals surface area (Å²) in [4.78, 5) is 26.3. The fourth-order valence-corrected chi connectivity index (χ4v) is 3.27. The highest BCUT2D eigenvalue weighted by Gasteiger charge is 2.45. The van der Waals surface area contributed by atoms with Gasteiger partial charge in [-0.25, -0.2) is 9.59 Å². The SMILES string of the molecule is CC[C@@H]1CN(C(=O)OCc2ccccc2)C[C@]1(C)NC(=O)OC(C)(C)C. The van der Waals surface area contributed by atoms with Crippen LogP contribution >= 0.6 is 0 Å². The quantitative estimate of drug-likeness (QED) is 0.881. The number of hydrogen-bond donors (Lipinski definition) is 1. The molecule has 0 aliphatic carbocycles. The summed E-state index contributed by atoms with van der Waals surface area (Å²) in [7, 11) is 0. The van der Waals surface area contributed by atoms with Crippen molar-refractivity contribution in [1.29, 1.82) is 0 Å². The van der Waals surface area contributed by atoms with Crippen molar-refractivity contribution >= 4 is 12.2 Å². The number of carbonyl (C=O) groups is 2. The van der Waals surface area contributed by atoms with E-state index in [-0.39, 0.29) is 18.6 Å². The van der Waals surface area contributed by atoms with E-state index in [1.807, 2.05) is 58.0 Å². The number of hydrogen-bond acceptors (Lipinski definition) is 4. The van der Waals surface area contributed by atoms with Crippen LogP contribution in [0.2, 0.25) is 0 Å². The van der Waals surface area contributed by atoms with Crippen molar-refractivity contribution in [3.05, 3.63) is 35.9 Å². The summed E-state index contributed by atoms with van der Waals surface area (Å²) in [6, 6.07) is 9.58. The van der Waals surface area contributed by atoms with Gasteiger partial charge in [0.1, 0.15) is 12.2 Å². The summed E-state index contributed by atoms with van der Waals surface area (Å²) in [6.45, 7) is 10.7. The van der Waals surface area contributed by atoms with E-state index in [1.54, 1.807) is 4.90 Å². The number of amides is 2. The van der Waals surface area contributed by atoms with Gasteiger partial charge in [0.2, 0.25) is 0 Å². The predicted octanol–water partition coefficient (Wildman–Crippen LogP) is 3.95. The van der Waals surface area contributed by atoms with Gasteiger partial charge in [0, 0.05) is 19.0 Å². The molecule has 1 aromatic rings. The van der Waals surface area contributed by atoms with Gasteiger partial charge >= 0.3 is 12.2 Å². The zero-order chi connectivity index (χ0) is 19.4. The van der Waals surface area contributed by atoms with E-state index < -0.39 is 17.2 Å². The van der Waals surface area contributed by atoms with E-state index in [1.165, 1.54) is 0 Å². The normalized spacial score (nSPS) is 22.8. The van der Waals surface area contributed by atoms with E-state index in [0.717, 1.165) is 12.0 Å². The summed E-state index contributed by atoms with van der Waals surface area (Å²) in [5.41, 5.74) is -0.153. The van der Waals surface area contributed by atoms with Crippen LogP contribution in [0, 0.1) is 5.92 Å². The molecule has 0 saturated carbocycles. The Bertz CT molecular complexity index is 626. The molecular weight excluding hydrogens is 332 g/mol. The Morgan fingerprint density at radius 1 is 1.27 bits per heavy atom. The lowest BCUT2D eigenvalue weighted by molar-refractivity contribution is 0.0440. The van der Waals surface area contributed by atoms with Crippen molar-refractivity contribution in [2.75, 3.05) is 13.1 Å². The molecule has 26 heavy (non-hydrogen) atoms. The highest BCUT2D eigenvalue weighted by atomic mass is 16.6. The molecule has 1 aliphatic rings. The van der Waals surface area contributed by atoms with E-state index in [0.29, 0.717) is 13.1 Å². The van der Waals surface area contributed by atoms with E-state index in [4.69, 9.17) is 9.47 Å². The Morgan fingerprint density at radius 2 is 1.92 bits per heavy atom. The standard InChI is InChI=1S/C20H30N2O4/c1-6-16-12-22(18(24)25-13-15-10-8-7-9-11-15)14-20(16,5)21-17(23)26-19(2,3)4/h7-11,16H,6,12-14H2,1-5H3,(H,21,23)/t16-,20+/m1/s1. The zero-order valence-electron chi connectivity index (χ0n) is 16.4. The molecule has 0 unspecified atom stereocenters. The number of rotatable bonds is 4. The maximum absolute atomic E-state index is 12.4. The van der Waals surface area contributed by atoms with E-state index in [9.17, 15) is 9.59 Å². The summed E-state index contributed by atoms with van der Waals surface area (Å²) in [6.07, 6.45) is 0.0226. The van der Waals surface area contributed by atoms with Crippen LogP contribution in [0.5, 0.6) is 0 Å². The molecule has 0 spiro atoms. The maximum atomic E-state index is 12.4. The minimum atomic E-state index is -0.560. The predicted molar refractivity (Wildman–Crippen MR) is 99.8 cm³/mol. The first kappa shape index (κ1) is 20.1. The molecule has 144 valence electrons. The zero-order valence-corrected chi connectivity index (χ0v) is 16.4. The molecule has 1 aromatic carbocycles. The molecule has 2 rings (SSSR count). The van der Waals surface area contributed by atoms with E-state index in [2.05, 4.69) is 12.2 Å². The summed E-state index contributed by atoms with van der Waals surface area (Å²) in [5, 5.41) is 2.96. The fourth-order valence-electron chi connectivity index (χ4n) is 3.27. The second-order valence-electron chi connectivity index (χ2n) is 8.07. The number of benzene rings is 1. The van der Waals surface area contributed by atoms with Gasteiger partial charge in [0.15, 0.2) is 0 Å². The third kappa shape index (κ3) is 5.38. The van der Waals surface area contributed by atoms with E-state index >= 15 is 0 Å². The number of carbonyl (C=O) groups excluding carboxylic acids is 2. The molecular formula is C20H30N2O4. The van der Waals surface area contributed by atoms with Gasteiger partial charge < -0.3 is 19.7 Å². The highest BCUT2D eigenvalue weighted by Crippen LogP contribution is 2.31. The van der Waals surface area contributed by atoms with Gasteiger partial charge in [0.05, 0.1) is 5.54 Å². The van der Waals surface area contributed by atoms with Crippen molar-refractivity contribution in [3.8, 4) is 0 Å². The highest BCUT2D eigenvalue weighted by molar-refractivity contribution is 5.71. The molecule has 0 radical (unpaired) electrons. The number of alkyl carbamates (subject to hydrolysis) is 1. The summed E-state index contributed by atoms with van der Waals surface area (Å²) >= 11 is 0. The van der Waals surface area contributed by atoms with Crippen molar-refractivity contribution in [2.24, 2.45) is 5.92 Å². The van der Waals surface area contributed by atoms with Gasteiger partial charge in [-0.3, -0.25) is 0 Å². The Balaban J connectivity index is 1.96. The summed E-state index contributed by atoms with van der Waals surface area (Å²) < 4.78 is 10.8. The van der Waals surface area contributed by atoms with Crippen LogP contribution in [0.25, 0.3) is 0 Å². The first-order valence-electron chi connectivity index (χ1n) is 9.10. The number of nitrogens with zero attached hydrogens (tertiary/aromatic N) is 1. The Kier molecular flexibility index (Phi) is 6.16. The lowest BCUT2D eigenvalue weighted by Gasteiger charge is -2.32. The molecule has 1 aliphatic heterocycles. The smallest absolute Gasteiger partial charge is 0.410 e. The topological polar surface area (TPSA) is 67.9 Å². The second kappa shape index (κ2) is 7.98. The number of likely N-dealkylation sites (tertiary alicyclic amines) is 1. The third-order valence-electron chi connectivity index (χ3n) is 4.60. The van der Waals surface area contributed by atoms with Crippen LogP contribution in [-0.4, -0.2) is 41.3 Å². The second-order valence-corrected chi connectivity index (χ2v) is 8.07. The fraction of sp³-hybridized carbons (Fsp3) is 0.600. The molecule has 1 fully saturated rings. The largest absolute Gasteiger partial charge is 0.445 e. The summed E-state index contributed by atoms with van der Waals surface area (Å²) in [5.74, 6) is 0.138. The number of nitrogens with one attached hydrogen (secondary N) is 1. The monoisotopic (exact) mass is 362 g/mol. The molecule has 2 amide bonds. The Morgan fingerprint density at radius 3 is 2.50 bits per heavy atom. The average molecular weight is 362 g/mol. The Hall–Kier alpha value is -2.24. The van der Waals surface area contributed by atoms with Crippen LogP contribution < -0.4 is 5.32 Å². The van der Waals surface area contributed by atoms with Gasteiger partial charge in [-0.2, -0.15) is 0 Å². The average Bonchev–Trinajstić information content (AvgIpc) is 2.88. The third-order valence-corrected chi connectivity index (χ3v) is 4.60. The molecule has 1 saturated heterocycles. The first-order chi connectivity index (χ1) is 12.1. The minimum Gasteiger partial charge on any atom is -0.445 e. The molecule has 1 N–H and O–H groups in total. The minimum absolute atomic E-state index is 0.138. The van der Waals surface area contributed by atoms with Crippen LogP contribution in [-0.2, 0) is 16.1 Å². The van der Waals surface area contributed by atoms with Gasteiger partial charge in [-0.1, -0.05) is 37.3 Å². The molecule has 6 nitrogen and oxygen atoms in total. The molecule has 6 heteroatoms. The molecule has 2 atom stereocenters. The molecule has 0 aromatic heterocycles. The number of ether oxygens (including phenoxy) is 2.